The van der Waals surface area contributed by atoms with Crippen molar-refractivity contribution in [2.24, 2.45) is 0 Å². The molecule has 2 fully saturated rings. The molecule has 1 aromatic heterocycles. The number of nitrogens with one attached hydrogen (secondary N) is 1. The number of halogens is 4. The molecular weight excluding hydrogens is 478 g/mol. The van der Waals surface area contributed by atoms with E-state index in [1.807, 2.05) is 6.07 Å². The number of rotatable bonds is 10. The highest BCUT2D eigenvalue weighted by molar-refractivity contribution is 5.75. The Morgan fingerprint density at radius 3 is 2.64 bits per heavy atom. The summed E-state index contributed by atoms with van der Waals surface area (Å²) in [5.74, 6) is -1.32. The van der Waals surface area contributed by atoms with Crippen molar-refractivity contribution in [2.45, 2.75) is 69.0 Å². The number of aliphatic hydroxyl groups is 1. The van der Waals surface area contributed by atoms with E-state index in [1.165, 1.54) is 0 Å². The van der Waals surface area contributed by atoms with E-state index < -0.39 is 23.2 Å². The molecule has 2 N–H and O–H groups in total. The zero-order valence-corrected chi connectivity index (χ0v) is 19.9. The molecule has 10 heteroatoms. The number of pyridine rings is 1. The Labute approximate surface area is 207 Å². The summed E-state index contributed by atoms with van der Waals surface area (Å²) in [6.45, 7) is 1.55. The molecule has 196 valence electrons. The Kier molecular flexibility index (Phi) is 8.27. The van der Waals surface area contributed by atoms with Gasteiger partial charge in [-0.15, -0.1) is 0 Å². The molecule has 0 radical (unpaired) electrons. The van der Waals surface area contributed by atoms with Crippen molar-refractivity contribution in [1.29, 1.82) is 0 Å². The number of ether oxygens (including phenoxy) is 1. The van der Waals surface area contributed by atoms with Gasteiger partial charge in [0, 0.05) is 50.1 Å². The largest absolute Gasteiger partial charge is 0.416 e. The van der Waals surface area contributed by atoms with Gasteiger partial charge in [0.15, 0.2) is 0 Å². The van der Waals surface area contributed by atoms with Crippen LogP contribution in [0.15, 0.2) is 42.7 Å². The molecule has 1 aromatic carbocycles. The Hall–Kier alpha value is -2.56. The zero-order valence-electron chi connectivity index (χ0n) is 19.9. The van der Waals surface area contributed by atoms with Crippen LogP contribution >= 0.6 is 0 Å². The Morgan fingerprint density at radius 2 is 2.00 bits per heavy atom. The normalized spacial score (nSPS) is 19.1. The fraction of sp³-hybridized carbons (Fsp3) is 0.538. The van der Waals surface area contributed by atoms with Crippen LogP contribution in [0.4, 0.5) is 17.6 Å². The number of benzene rings is 1. The molecule has 1 saturated carbocycles. The van der Waals surface area contributed by atoms with Crippen molar-refractivity contribution in [3.05, 3.63) is 65.2 Å². The molecule has 1 aliphatic heterocycles. The first kappa shape index (κ1) is 26.5. The van der Waals surface area contributed by atoms with Crippen LogP contribution in [0.5, 0.6) is 0 Å². The molecule has 1 saturated heterocycles. The van der Waals surface area contributed by atoms with Crippen molar-refractivity contribution in [3.63, 3.8) is 0 Å². The van der Waals surface area contributed by atoms with Crippen LogP contribution in [0.2, 0.25) is 0 Å². The van der Waals surface area contributed by atoms with Crippen molar-refractivity contribution < 1.29 is 32.2 Å². The van der Waals surface area contributed by atoms with E-state index in [2.05, 4.69) is 15.2 Å². The van der Waals surface area contributed by atoms with Crippen LogP contribution in [0.3, 0.4) is 0 Å². The third kappa shape index (κ3) is 7.24. The van der Waals surface area contributed by atoms with Crippen molar-refractivity contribution >= 4 is 5.91 Å². The Bertz CT molecular complexity index is 1020. The number of carbonyl (C=O) groups is 1. The summed E-state index contributed by atoms with van der Waals surface area (Å²) in [6.07, 6.45) is 2.73. The highest BCUT2D eigenvalue weighted by Crippen LogP contribution is 2.34. The summed E-state index contributed by atoms with van der Waals surface area (Å²) in [6, 6.07) is 5.91. The van der Waals surface area contributed by atoms with Crippen LogP contribution in [-0.4, -0.2) is 52.7 Å². The standard InChI is InChI=1S/C26H31F4N3O3/c27-21-13-18(12-20(14-21)26(28,29)30)15-32-24(34)6-3-22(17-36-23-4-5-23)33-10-7-25(35,8-11-33)19-2-1-9-31-16-19/h1-2,9,12-14,16,22-23,35H,3-8,10-11,15,17H2,(H,32,34)/t22-/m1/s1. The molecule has 2 aliphatic rings. The first-order valence-electron chi connectivity index (χ1n) is 12.2. The number of amides is 1. The van der Waals surface area contributed by atoms with E-state index in [1.54, 1.807) is 18.5 Å². The van der Waals surface area contributed by atoms with Gasteiger partial charge in [-0.1, -0.05) is 6.07 Å². The van der Waals surface area contributed by atoms with Crippen molar-refractivity contribution in [2.75, 3.05) is 19.7 Å². The quantitative estimate of drug-likeness (QED) is 0.471. The number of nitrogens with zero attached hydrogens (tertiary/aromatic N) is 2. The molecule has 2 aromatic rings. The zero-order chi connectivity index (χ0) is 25.8. The second kappa shape index (κ2) is 11.2. The monoisotopic (exact) mass is 509 g/mol. The lowest BCUT2D eigenvalue weighted by molar-refractivity contribution is -0.137. The van der Waals surface area contributed by atoms with Gasteiger partial charge in [-0.3, -0.25) is 14.7 Å². The average Bonchev–Trinajstić information content (AvgIpc) is 3.68. The highest BCUT2D eigenvalue weighted by Gasteiger charge is 2.37. The molecule has 0 bridgehead atoms. The predicted octanol–water partition coefficient (Wildman–Crippen LogP) is 4.17. The predicted molar refractivity (Wildman–Crippen MR) is 124 cm³/mol. The van der Waals surface area contributed by atoms with E-state index in [0.717, 1.165) is 30.5 Å². The number of carbonyl (C=O) groups excluding carboxylic acids is 1. The van der Waals surface area contributed by atoms with Crippen LogP contribution < -0.4 is 5.32 Å². The smallest absolute Gasteiger partial charge is 0.385 e. The maximum absolute atomic E-state index is 13.6. The number of aromatic nitrogens is 1. The minimum atomic E-state index is -4.66. The number of alkyl halides is 3. The maximum Gasteiger partial charge on any atom is 0.416 e. The molecule has 0 spiro atoms. The summed E-state index contributed by atoms with van der Waals surface area (Å²) in [4.78, 5) is 18.8. The van der Waals surface area contributed by atoms with E-state index in [4.69, 9.17) is 4.74 Å². The van der Waals surface area contributed by atoms with Crippen molar-refractivity contribution in [1.82, 2.24) is 15.2 Å². The molecule has 4 rings (SSSR count). The highest BCUT2D eigenvalue weighted by atomic mass is 19.4. The molecule has 36 heavy (non-hydrogen) atoms. The van der Waals surface area contributed by atoms with Crippen LogP contribution in [0.1, 0.15) is 55.2 Å². The molecule has 0 unspecified atom stereocenters. The molecule has 1 amide bonds. The van der Waals surface area contributed by atoms with E-state index >= 15 is 0 Å². The summed E-state index contributed by atoms with van der Waals surface area (Å²) in [5, 5.41) is 13.7. The van der Waals surface area contributed by atoms with Gasteiger partial charge in [-0.25, -0.2) is 4.39 Å². The third-order valence-electron chi connectivity index (χ3n) is 6.87. The number of likely N-dealkylation sites (tertiary alicyclic amines) is 1. The molecule has 1 atom stereocenters. The fourth-order valence-corrected chi connectivity index (χ4v) is 4.54. The number of piperidine rings is 1. The van der Waals surface area contributed by atoms with Gasteiger partial charge in [0.2, 0.25) is 5.91 Å². The molecule has 2 heterocycles. The van der Waals surface area contributed by atoms with Crippen LogP contribution in [0, 0.1) is 5.82 Å². The van der Waals surface area contributed by atoms with Crippen LogP contribution in [0.25, 0.3) is 0 Å². The van der Waals surface area contributed by atoms with Crippen LogP contribution in [-0.2, 0) is 27.9 Å². The third-order valence-corrected chi connectivity index (χ3v) is 6.87. The summed E-state index contributed by atoms with van der Waals surface area (Å²) in [5.41, 5.74) is -1.18. The lowest BCUT2D eigenvalue weighted by Crippen LogP contribution is -2.49. The Balaban J connectivity index is 1.30. The number of hydrogen-bond donors (Lipinski definition) is 2. The number of hydrogen-bond acceptors (Lipinski definition) is 5. The second-order valence-corrected chi connectivity index (χ2v) is 9.66. The lowest BCUT2D eigenvalue weighted by Gasteiger charge is -2.41. The minimum Gasteiger partial charge on any atom is -0.385 e. The van der Waals surface area contributed by atoms with E-state index in [0.29, 0.717) is 45.0 Å². The summed E-state index contributed by atoms with van der Waals surface area (Å²) < 4.78 is 58.3. The second-order valence-electron chi connectivity index (χ2n) is 9.66. The molecule has 1 aliphatic carbocycles. The van der Waals surface area contributed by atoms with Gasteiger partial charge in [-0.2, -0.15) is 13.2 Å². The van der Waals surface area contributed by atoms with Gasteiger partial charge < -0.3 is 15.2 Å². The Morgan fingerprint density at radius 1 is 1.25 bits per heavy atom. The molecular formula is C26H31F4N3O3. The van der Waals surface area contributed by atoms with Gasteiger partial charge in [0.05, 0.1) is 23.9 Å². The fourth-order valence-electron chi connectivity index (χ4n) is 4.54. The maximum atomic E-state index is 13.6. The summed E-state index contributed by atoms with van der Waals surface area (Å²) >= 11 is 0. The van der Waals surface area contributed by atoms with Gasteiger partial charge in [0.25, 0.3) is 0 Å². The first-order chi connectivity index (χ1) is 17.1. The molecule has 6 nitrogen and oxygen atoms in total. The minimum absolute atomic E-state index is 0.0270. The van der Waals surface area contributed by atoms with E-state index in [-0.39, 0.29) is 36.6 Å². The average molecular weight is 510 g/mol. The lowest BCUT2D eigenvalue weighted by atomic mass is 9.84. The van der Waals surface area contributed by atoms with Gasteiger partial charge >= 0.3 is 6.18 Å². The van der Waals surface area contributed by atoms with Gasteiger partial charge in [0.1, 0.15) is 5.82 Å². The topological polar surface area (TPSA) is 74.7 Å². The first-order valence-corrected chi connectivity index (χ1v) is 12.2. The van der Waals surface area contributed by atoms with E-state index in [9.17, 15) is 27.5 Å². The van der Waals surface area contributed by atoms with Gasteiger partial charge in [-0.05, 0) is 61.9 Å². The van der Waals surface area contributed by atoms with Crippen molar-refractivity contribution in [3.8, 4) is 0 Å². The summed E-state index contributed by atoms with van der Waals surface area (Å²) in [7, 11) is 0. The SMILES string of the molecule is O=C(CC[C@H](COC1CC1)N1CCC(O)(c2cccnc2)CC1)NCc1cc(F)cc(C(F)(F)F)c1.